The van der Waals surface area contributed by atoms with Crippen molar-refractivity contribution in [3.05, 3.63) is 96.3 Å². The number of ether oxygens (including phenoxy) is 1. The van der Waals surface area contributed by atoms with Crippen LogP contribution in [0.15, 0.2) is 84.9 Å². The first kappa shape index (κ1) is 25.9. The molecule has 0 spiro atoms. The monoisotopic (exact) mass is 498 g/mol. The zero-order chi connectivity index (χ0) is 26.0. The average Bonchev–Trinajstić information content (AvgIpc) is 3.26. The van der Waals surface area contributed by atoms with Gasteiger partial charge in [-0.25, -0.2) is 4.98 Å². The maximum atomic E-state index is 13.5. The fourth-order valence-electron chi connectivity index (χ4n) is 4.25. The number of nitrogens with zero attached hydrogens (tertiary/aromatic N) is 3. The van der Waals surface area contributed by atoms with Crippen molar-refractivity contribution in [2.75, 3.05) is 13.2 Å². The predicted octanol–water partition coefficient (Wildman–Crippen LogP) is 4.60. The first-order valence-corrected chi connectivity index (χ1v) is 12.7. The summed E-state index contributed by atoms with van der Waals surface area (Å²) in [4.78, 5) is 32.3. The van der Waals surface area contributed by atoms with Gasteiger partial charge in [0.1, 0.15) is 18.1 Å². The summed E-state index contributed by atoms with van der Waals surface area (Å²) in [6, 6.07) is 27.3. The van der Waals surface area contributed by atoms with Gasteiger partial charge in [0.25, 0.3) is 5.91 Å². The van der Waals surface area contributed by atoms with Gasteiger partial charge in [-0.1, -0.05) is 60.7 Å². The van der Waals surface area contributed by atoms with E-state index in [0.29, 0.717) is 31.7 Å². The minimum absolute atomic E-state index is 0.0243. The number of hydrogen-bond donors (Lipinski definition) is 1. The Hall–Kier alpha value is -4.13. The number of imidazole rings is 1. The normalized spacial score (nSPS) is 11.0. The fourth-order valence-corrected chi connectivity index (χ4v) is 4.25. The van der Waals surface area contributed by atoms with E-state index in [1.165, 1.54) is 0 Å². The standard InChI is InChI=1S/C30H34N4O3/c1-23(2)33(20-24-12-5-3-6-13-24)30(36)21-34-27-17-10-9-16-26(27)32-28(34)18-11-19-31-29(35)22-37-25-14-7-4-8-15-25/h3-10,12-17,23H,11,18-22H2,1-2H3,(H,31,35). The molecule has 0 aliphatic heterocycles. The Morgan fingerprint density at radius 3 is 2.35 bits per heavy atom. The van der Waals surface area contributed by atoms with Crippen LogP contribution in [0.4, 0.5) is 0 Å². The SMILES string of the molecule is CC(C)N(Cc1ccccc1)C(=O)Cn1c(CCCNC(=O)COc2ccccc2)nc2ccccc21. The zero-order valence-electron chi connectivity index (χ0n) is 21.5. The molecule has 4 rings (SSSR count). The molecule has 7 heteroatoms. The second kappa shape index (κ2) is 12.7. The Bertz CT molecular complexity index is 1300. The summed E-state index contributed by atoms with van der Waals surface area (Å²) in [5.74, 6) is 1.39. The van der Waals surface area contributed by atoms with E-state index in [-0.39, 0.29) is 31.0 Å². The highest BCUT2D eigenvalue weighted by Crippen LogP contribution is 2.19. The van der Waals surface area contributed by atoms with Gasteiger partial charge in [0.15, 0.2) is 6.61 Å². The lowest BCUT2D eigenvalue weighted by atomic mass is 10.2. The molecule has 192 valence electrons. The van der Waals surface area contributed by atoms with E-state index in [1.807, 2.05) is 108 Å². The molecule has 2 amide bonds. The Morgan fingerprint density at radius 1 is 0.946 bits per heavy atom. The number of nitrogens with one attached hydrogen (secondary N) is 1. The molecule has 0 radical (unpaired) electrons. The zero-order valence-corrected chi connectivity index (χ0v) is 21.5. The summed E-state index contributed by atoms with van der Waals surface area (Å²) >= 11 is 0. The van der Waals surface area contributed by atoms with Crippen molar-refractivity contribution in [3.63, 3.8) is 0 Å². The van der Waals surface area contributed by atoms with Gasteiger partial charge in [0, 0.05) is 25.6 Å². The smallest absolute Gasteiger partial charge is 0.257 e. The number of aromatic nitrogens is 2. The van der Waals surface area contributed by atoms with Gasteiger partial charge in [-0.2, -0.15) is 0 Å². The first-order chi connectivity index (χ1) is 18.0. The van der Waals surface area contributed by atoms with Crippen LogP contribution in [-0.2, 0) is 29.1 Å². The lowest BCUT2D eigenvalue weighted by molar-refractivity contribution is -0.134. The Morgan fingerprint density at radius 2 is 1.62 bits per heavy atom. The summed E-state index contributed by atoms with van der Waals surface area (Å²) in [6.07, 6.45) is 1.34. The highest BCUT2D eigenvalue weighted by Gasteiger charge is 2.20. The minimum atomic E-state index is -0.166. The maximum Gasteiger partial charge on any atom is 0.257 e. The third-order valence-electron chi connectivity index (χ3n) is 6.18. The van der Waals surface area contributed by atoms with Crippen LogP contribution in [0.3, 0.4) is 0 Å². The van der Waals surface area contributed by atoms with Crippen LogP contribution < -0.4 is 10.1 Å². The number of carbonyl (C=O) groups is 2. The van der Waals surface area contributed by atoms with Gasteiger partial charge in [-0.15, -0.1) is 0 Å². The highest BCUT2D eigenvalue weighted by molar-refractivity contribution is 5.81. The van der Waals surface area contributed by atoms with Gasteiger partial charge >= 0.3 is 0 Å². The predicted molar refractivity (Wildman–Crippen MR) is 145 cm³/mol. The van der Waals surface area contributed by atoms with Crippen LogP contribution in [0.2, 0.25) is 0 Å². The van der Waals surface area contributed by atoms with E-state index in [4.69, 9.17) is 9.72 Å². The Labute approximate surface area is 218 Å². The van der Waals surface area contributed by atoms with Crippen LogP contribution in [0, 0.1) is 0 Å². The maximum absolute atomic E-state index is 13.5. The second-order valence-electron chi connectivity index (χ2n) is 9.26. The number of hydrogen-bond acceptors (Lipinski definition) is 4. The summed E-state index contributed by atoms with van der Waals surface area (Å²) in [5, 5.41) is 2.90. The van der Waals surface area contributed by atoms with Crippen molar-refractivity contribution >= 4 is 22.8 Å². The molecule has 0 atom stereocenters. The molecule has 0 saturated carbocycles. The molecule has 3 aromatic carbocycles. The molecule has 0 aliphatic carbocycles. The number of amides is 2. The molecule has 0 unspecified atom stereocenters. The minimum Gasteiger partial charge on any atom is -0.484 e. The summed E-state index contributed by atoms with van der Waals surface area (Å²) in [5.41, 5.74) is 2.91. The lowest BCUT2D eigenvalue weighted by Crippen LogP contribution is -2.38. The quantitative estimate of drug-likeness (QED) is 0.290. The van der Waals surface area contributed by atoms with Crippen LogP contribution in [0.5, 0.6) is 5.75 Å². The van der Waals surface area contributed by atoms with E-state index in [2.05, 4.69) is 5.32 Å². The fraction of sp³-hybridized carbons (Fsp3) is 0.300. The topological polar surface area (TPSA) is 76.5 Å². The second-order valence-corrected chi connectivity index (χ2v) is 9.26. The van der Waals surface area contributed by atoms with E-state index in [0.717, 1.165) is 22.4 Å². The van der Waals surface area contributed by atoms with Crippen LogP contribution in [0.1, 0.15) is 31.7 Å². The van der Waals surface area contributed by atoms with Gasteiger partial charge in [-0.3, -0.25) is 9.59 Å². The number of rotatable bonds is 12. The van der Waals surface area contributed by atoms with Crippen molar-refractivity contribution in [3.8, 4) is 5.75 Å². The molecule has 7 nitrogen and oxygen atoms in total. The summed E-state index contributed by atoms with van der Waals surface area (Å²) < 4.78 is 7.51. The number of carbonyl (C=O) groups excluding carboxylic acids is 2. The molecular formula is C30H34N4O3. The van der Waals surface area contributed by atoms with Crippen LogP contribution >= 0.6 is 0 Å². The van der Waals surface area contributed by atoms with Gasteiger partial charge in [0.05, 0.1) is 11.0 Å². The third kappa shape index (κ3) is 7.19. The number of benzene rings is 3. The Kier molecular flexibility index (Phi) is 8.92. The van der Waals surface area contributed by atoms with E-state index in [9.17, 15) is 9.59 Å². The highest BCUT2D eigenvalue weighted by atomic mass is 16.5. The van der Waals surface area contributed by atoms with Gasteiger partial charge in [0.2, 0.25) is 5.91 Å². The molecule has 1 N–H and O–H groups in total. The molecule has 0 bridgehead atoms. The number of fused-ring (bicyclic) bond motifs is 1. The van der Waals surface area contributed by atoms with Gasteiger partial charge in [-0.05, 0) is 50.1 Å². The summed E-state index contributed by atoms with van der Waals surface area (Å²) in [6.45, 7) is 5.34. The molecule has 1 heterocycles. The van der Waals surface area contributed by atoms with E-state index in [1.54, 1.807) is 0 Å². The molecular weight excluding hydrogens is 464 g/mol. The van der Waals surface area contributed by atoms with E-state index >= 15 is 0 Å². The van der Waals surface area contributed by atoms with Crippen molar-refractivity contribution in [2.45, 2.75) is 45.8 Å². The van der Waals surface area contributed by atoms with Crippen molar-refractivity contribution in [1.82, 2.24) is 19.8 Å². The number of aryl methyl sites for hydroxylation is 1. The summed E-state index contributed by atoms with van der Waals surface area (Å²) in [7, 11) is 0. The third-order valence-corrected chi connectivity index (χ3v) is 6.18. The van der Waals surface area contributed by atoms with Crippen molar-refractivity contribution < 1.29 is 14.3 Å². The van der Waals surface area contributed by atoms with Crippen molar-refractivity contribution in [1.29, 1.82) is 0 Å². The van der Waals surface area contributed by atoms with Crippen molar-refractivity contribution in [2.24, 2.45) is 0 Å². The first-order valence-electron chi connectivity index (χ1n) is 12.7. The molecule has 4 aromatic rings. The molecule has 0 saturated heterocycles. The lowest BCUT2D eigenvalue weighted by Gasteiger charge is -2.27. The largest absolute Gasteiger partial charge is 0.484 e. The van der Waals surface area contributed by atoms with Gasteiger partial charge < -0.3 is 19.5 Å². The van der Waals surface area contributed by atoms with Crippen LogP contribution in [0.25, 0.3) is 11.0 Å². The molecule has 37 heavy (non-hydrogen) atoms. The number of para-hydroxylation sites is 3. The Balaban J connectivity index is 1.38. The molecule has 0 fully saturated rings. The van der Waals surface area contributed by atoms with E-state index < -0.39 is 0 Å². The average molecular weight is 499 g/mol. The molecule has 1 aromatic heterocycles. The van der Waals surface area contributed by atoms with Crippen LogP contribution in [-0.4, -0.2) is 45.5 Å². The molecule has 0 aliphatic rings.